The standard InChI is InChI=1S/C33H38N4O4/c1-5-21(6-2)29-31(39)36-28(24-17-22-11-7-8-12-23(22)18-24)33(41)37(29)30(25-16-15-19(3)34-20(25)4)32(40)35-26-13-9-10-14-27(26)38/h7-16,21,24,28-30,38H,5-6,17-18H2,1-4H3,(H,35,40)(H,36,39)/t28-,29-,30?/m1/s1. The Morgan fingerprint density at radius 1 is 1.00 bits per heavy atom. The molecule has 1 aliphatic carbocycles. The number of phenolic OH excluding ortho intramolecular Hbond substituents is 1. The fourth-order valence-corrected chi connectivity index (χ4v) is 6.52. The van der Waals surface area contributed by atoms with E-state index in [0.717, 1.165) is 5.69 Å². The van der Waals surface area contributed by atoms with Crippen LogP contribution in [-0.4, -0.2) is 44.8 Å². The number of aryl methyl sites for hydroxylation is 2. The Bertz CT molecular complexity index is 1440. The number of aromatic hydroxyl groups is 1. The molecule has 41 heavy (non-hydrogen) atoms. The van der Waals surface area contributed by atoms with E-state index < -0.39 is 24.0 Å². The molecule has 1 unspecified atom stereocenters. The first-order chi connectivity index (χ1) is 19.7. The van der Waals surface area contributed by atoms with Gasteiger partial charge in [-0.1, -0.05) is 69.2 Å². The largest absolute Gasteiger partial charge is 0.506 e. The van der Waals surface area contributed by atoms with Gasteiger partial charge in [0.05, 0.1) is 5.69 Å². The molecule has 3 atom stereocenters. The van der Waals surface area contributed by atoms with Crippen molar-refractivity contribution in [2.75, 3.05) is 5.32 Å². The number of nitrogens with one attached hydrogen (secondary N) is 2. The summed E-state index contributed by atoms with van der Waals surface area (Å²) in [5.74, 6) is -1.37. The van der Waals surface area contributed by atoms with Crippen LogP contribution in [0.4, 0.5) is 5.69 Å². The zero-order chi connectivity index (χ0) is 29.3. The molecule has 8 nitrogen and oxygen atoms in total. The van der Waals surface area contributed by atoms with E-state index >= 15 is 0 Å². The van der Waals surface area contributed by atoms with Crippen LogP contribution in [0.5, 0.6) is 5.75 Å². The van der Waals surface area contributed by atoms with Crippen molar-refractivity contribution in [3.63, 3.8) is 0 Å². The van der Waals surface area contributed by atoms with E-state index in [0.29, 0.717) is 36.9 Å². The number of fused-ring (bicyclic) bond motifs is 1. The third kappa shape index (κ3) is 5.43. The summed E-state index contributed by atoms with van der Waals surface area (Å²) in [4.78, 5) is 49.0. The first kappa shape index (κ1) is 28.3. The summed E-state index contributed by atoms with van der Waals surface area (Å²) in [5, 5.41) is 16.3. The molecule has 3 amide bonds. The second-order valence-electron chi connectivity index (χ2n) is 11.2. The fourth-order valence-electron chi connectivity index (χ4n) is 6.52. The van der Waals surface area contributed by atoms with Gasteiger partial charge < -0.3 is 20.6 Å². The molecule has 2 aromatic carbocycles. The average Bonchev–Trinajstić information content (AvgIpc) is 3.39. The molecule has 3 aromatic rings. The third-order valence-corrected chi connectivity index (χ3v) is 8.68. The van der Waals surface area contributed by atoms with E-state index in [1.54, 1.807) is 18.2 Å². The number of hydrogen-bond donors (Lipinski definition) is 3. The lowest BCUT2D eigenvalue weighted by Gasteiger charge is -2.46. The van der Waals surface area contributed by atoms with E-state index in [1.807, 2.05) is 52.0 Å². The molecule has 1 fully saturated rings. The predicted octanol–water partition coefficient (Wildman–Crippen LogP) is 4.63. The molecule has 0 radical (unpaired) electrons. The Morgan fingerprint density at radius 2 is 1.63 bits per heavy atom. The number of anilines is 1. The van der Waals surface area contributed by atoms with Crippen LogP contribution in [0.3, 0.4) is 0 Å². The van der Waals surface area contributed by atoms with Gasteiger partial charge in [-0.3, -0.25) is 19.4 Å². The van der Waals surface area contributed by atoms with Crippen LogP contribution in [0.1, 0.15) is 60.8 Å². The van der Waals surface area contributed by atoms with Crippen molar-refractivity contribution in [1.29, 1.82) is 0 Å². The summed E-state index contributed by atoms with van der Waals surface area (Å²) in [5.41, 5.74) is 4.54. The second kappa shape index (κ2) is 11.7. The Balaban J connectivity index is 1.61. The van der Waals surface area contributed by atoms with Crippen molar-refractivity contribution in [3.8, 4) is 5.75 Å². The smallest absolute Gasteiger partial charge is 0.252 e. The molecule has 1 saturated heterocycles. The van der Waals surface area contributed by atoms with Crippen LogP contribution in [0.2, 0.25) is 0 Å². The minimum Gasteiger partial charge on any atom is -0.506 e. The highest BCUT2D eigenvalue weighted by molar-refractivity contribution is 6.03. The Hall–Kier alpha value is -4.20. The number of amides is 3. The number of pyridine rings is 1. The summed E-state index contributed by atoms with van der Waals surface area (Å²) in [7, 11) is 0. The molecule has 8 heteroatoms. The lowest BCUT2D eigenvalue weighted by molar-refractivity contribution is -0.159. The molecule has 0 saturated carbocycles. The summed E-state index contributed by atoms with van der Waals surface area (Å²) < 4.78 is 0. The number of aromatic nitrogens is 1. The molecule has 0 bridgehead atoms. The number of para-hydroxylation sites is 2. The maximum Gasteiger partial charge on any atom is 0.252 e. The Kier molecular flexibility index (Phi) is 8.10. The normalized spacial score (nSPS) is 19.7. The van der Waals surface area contributed by atoms with E-state index in [4.69, 9.17) is 0 Å². The van der Waals surface area contributed by atoms with Crippen LogP contribution >= 0.6 is 0 Å². The van der Waals surface area contributed by atoms with Crippen molar-refractivity contribution in [1.82, 2.24) is 15.2 Å². The number of phenols is 1. The van der Waals surface area contributed by atoms with Gasteiger partial charge in [-0.15, -0.1) is 0 Å². The summed E-state index contributed by atoms with van der Waals surface area (Å²) in [6, 6.07) is 15.5. The van der Waals surface area contributed by atoms with Crippen LogP contribution < -0.4 is 10.6 Å². The summed E-state index contributed by atoms with van der Waals surface area (Å²) in [6.45, 7) is 7.68. The quantitative estimate of drug-likeness (QED) is 0.352. The van der Waals surface area contributed by atoms with Crippen LogP contribution in [-0.2, 0) is 27.2 Å². The molecule has 1 aliphatic heterocycles. The number of carbonyl (C=O) groups excluding carboxylic acids is 3. The van der Waals surface area contributed by atoms with Gasteiger partial charge in [-0.2, -0.15) is 0 Å². The van der Waals surface area contributed by atoms with Crippen LogP contribution in [0.25, 0.3) is 0 Å². The van der Waals surface area contributed by atoms with E-state index in [1.165, 1.54) is 22.1 Å². The maximum atomic E-state index is 14.6. The lowest BCUT2D eigenvalue weighted by atomic mass is 9.84. The maximum absolute atomic E-state index is 14.6. The molecule has 214 valence electrons. The zero-order valence-electron chi connectivity index (χ0n) is 24.1. The van der Waals surface area contributed by atoms with Gasteiger partial charge in [-0.05, 0) is 67.9 Å². The van der Waals surface area contributed by atoms with Gasteiger partial charge in [0.15, 0.2) is 0 Å². The van der Waals surface area contributed by atoms with E-state index in [2.05, 4.69) is 27.8 Å². The van der Waals surface area contributed by atoms with Crippen molar-refractivity contribution in [2.24, 2.45) is 11.8 Å². The Labute approximate surface area is 241 Å². The average molecular weight is 555 g/mol. The van der Waals surface area contributed by atoms with Crippen LogP contribution in [0, 0.1) is 25.7 Å². The molecular weight excluding hydrogens is 516 g/mol. The lowest BCUT2D eigenvalue weighted by Crippen LogP contribution is -2.68. The van der Waals surface area contributed by atoms with Crippen molar-refractivity contribution >= 4 is 23.4 Å². The number of benzene rings is 2. The summed E-state index contributed by atoms with van der Waals surface area (Å²) >= 11 is 0. The highest BCUT2D eigenvalue weighted by atomic mass is 16.3. The first-order valence-corrected chi connectivity index (χ1v) is 14.5. The molecule has 3 N–H and O–H groups in total. The molecule has 2 heterocycles. The second-order valence-corrected chi connectivity index (χ2v) is 11.2. The van der Waals surface area contributed by atoms with E-state index in [-0.39, 0.29) is 35.1 Å². The molecule has 0 spiro atoms. The minimum absolute atomic E-state index is 0.0841. The van der Waals surface area contributed by atoms with Gasteiger partial charge in [0.2, 0.25) is 11.8 Å². The number of rotatable bonds is 8. The number of hydrogen-bond acceptors (Lipinski definition) is 5. The van der Waals surface area contributed by atoms with Gasteiger partial charge >= 0.3 is 0 Å². The molecule has 2 aliphatic rings. The monoisotopic (exact) mass is 554 g/mol. The third-order valence-electron chi connectivity index (χ3n) is 8.68. The van der Waals surface area contributed by atoms with Gasteiger partial charge in [0.1, 0.15) is 23.9 Å². The van der Waals surface area contributed by atoms with E-state index in [9.17, 15) is 19.5 Å². The van der Waals surface area contributed by atoms with Gasteiger partial charge in [0.25, 0.3) is 5.91 Å². The zero-order valence-corrected chi connectivity index (χ0v) is 24.1. The highest BCUT2D eigenvalue weighted by Crippen LogP contribution is 2.38. The fraction of sp³-hybridized carbons (Fsp3) is 0.394. The van der Waals surface area contributed by atoms with Gasteiger partial charge in [-0.25, -0.2) is 0 Å². The van der Waals surface area contributed by atoms with Crippen molar-refractivity contribution in [2.45, 2.75) is 71.5 Å². The number of piperazine rings is 1. The van der Waals surface area contributed by atoms with Crippen LogP contribution in [0.15, 0.2) is 60.7 Å². The first-order valence-electron chi connectivity index (χ1n) is 14.5. The predicted molar refractivity (Wildman–Crippen MR) is 157 cm³/mol. The molecular formula is C33H38N4O4. The number of nitrogens with zero attached hydrogens (tertiary/aromatic N) is 2. The molecule has 5 rings (SSSR count). The molecule has 1 aromatic heterocycles. The van der Waals surface area contributed by atoms with Crippen molar-refractivity contribution < 1.29 is 19.5 Å². The Morgan fingerprint density at radius 3 is 2.24 bits per heavy atom. The van der Waals surface area contributed by atoms with Gasteiger partial charge in [0, 0.05) is 17.0 Å². The number of carbonyl (C=O) groups is 3. The topological polar surface area (TPSA) is 112 Å². The SMILES string of the molecule is CCC(CC)[C@@H]1C(=O)N[C@H](C2Cc3ccccc3C2)C(=O)N1C(C(=O)Nc1ccccc1O)c1ccc(C)nc1C. The summed E-state index contributed by atoms with van der Waals surface area (Å²) in [6.07, 6.45) is 2.68. The van der Waals surface area contributed by atoms with Crippen molar-refractivity contribution in [3.05, 3.63) is 88.7 Å². The highest BCUT2D eigenvalue weighted by Gasteiger charge is 2.51. The minimum atomic E-state index is -1.13.